The Morgan fingerprint density at radius 2 is 1.86 bits per heavy atom. The van der Waals surface area contributed by atoms with Crippen LogP contribution in [0.2, 0.25) is 0 Å². The van der Waals surface area contributed by atoms with E-state index in [1.807, 2.05) is 12.2 Å². The van der Waals surface area contributed by atoms with Crippen LogP contribution >= 0.6 is 0 Å². The van der Waals surface area contributed by atoms with Gasteiger partial charge in [-0.25, -0.2) is 0 Å². The van der Waals surface area contributed by atoms with Crippen molar-refractivity contribution in [1.29, 1.82) is 0 Å². The number of ether oxygens (including phenoxy) is 4. The van der Waals surface area contributed by atoms with E-state index in [0.29, 0.717) is 26.1 Å². The maximum Gasteiger partial charge on any atom is 0.302 e. The van der Waals surface area contributed by atoms with Crippen LogP contribution in [-0.2, 0) is 23.7 Å². The minimum Gasteiger partial charge on any atom is -0.461 e. The molecule has 0 radical (unpaired) electrons. The summed E-state index contributed by atoms with van der Waals surface area (Å²) in [5.41, 5.74) is 1.12. The molecule has 6 nitrogen and oxygen atoms in total. The first kappa shape index (κ1) is 29.1. The number of aliphatic hydroxyl groups is 1. The van der Waals surface area contributed by atoms with Gasteiger partial charge in [0.1, 0.15) is 6.10 Å². The highest BCUT2D eigenvalue weighted by molar-refractivity contribution is 5.66. The molecule has 6 heteroatoms. The molecule has 1 aliphatic heterocycles. The molecule has 1 saturated heterocycles. The minimum atomic E-state index is -0.716. The normalized spacial score (nSPS) is 38.2. The fourth-order valence-corrected chi connectivity index (χ4v) is 6.57. The largest absolute Gasteiger partial charge is 0.461 e. The quantitative estimate of drug-likeness (QED) is 0.150. The lowest BCUT2D eigenvalue weighted by Gasteiger charge is -2.61. The Labute approximate surface area is 218 Å². The van der Waals surface area contributed by atoms with Crippen LogP contribution in [0.1, 0.15) is 86.5 Å². The van der Waals surface area contributed by atoms with Crippen LogP contribution in [0.4, 0.5) is 0 Å². The number of hydrogen-bond donors (Lipinski definition) is 1. The monoisotopic (exact) mass is 504 g/mol. The molecule has 2 aliphatic carbocycles. The van der Waals surface area contributed by atoms with Gasteiger partial charge in [-0.1, -0.05) is 70.9 Å². The first-order valence-corrected chi connectivity index (χ1v) is 13.9. The molecule has 204 valence electrons. The summed E-state index contributed by atoms with van der Waals surface area (Å²) in [6, 6.07) is 0. The highest BCUT2D eigenvalue weighted by Crippen LogP contribution is 2.67. The molecule has 0 aromatic heterocycles. The number of unbranched alkanes of at least 4 members (excludes halogenated alkanes) is 2. The third kappa shape index (κ3) is 5.52. The lowest BCUT2D eigenvalue weighted by molar-refractivity contribution is -0.266. The fraction of sp³-hybridized carbons (Fsp3) is 0.767. The Hall–Kier alpha value is -1.47. The summed E-state index contributed by atoms with van der Waals surface area (Å²) in [6.07, 6.45) is 9.67. The van der Waals surface area contributed by atoms with Gasteiger partial charge in [0.15, 0.2) is 12.6 Å². The smallest absolute Gasteiger partial charge is 0.302 e. The minimum absolute atomic E-state index is 0.0339. The summed E-state index contributed by atoms with van der Waals surface area (Å²) in [5.74, 6) is -0.0953. The highest BCUT2D eigenvalue weighted by atomic mass is 16.8. The van der Waals surface area contributed by atoms with Gasteiger partial charge in [0.05, 0.1) is 18.1 Å². The van der Waals surface area contributed by atoms with Gasteiger partial charge >= 0.3 is 5.97 Å². The van der Waals surface area contributed by atoms with Gasteiger partial charge in [-0.2, -0.15) is 0 Å². The van der Waals surface area contributed by atoms with Crippen molar-refractivity contribution in [3.63, 3.8) is 0 Å². The Morgan fingerprint density at radius 1 is 1.19 bits per heavy atom. The molecule has 0 amide bonds. The lowest BCUT2D eigenvalue weighted by Crippen LogP contribution is -2.63. The summed E-state index contributed by atoms with van der Waals surface area (Å²) < 4.78 is 25.4. The number of carbonyl (C=O) groups excluding carboxylic acids is 1. The van der Waals surface area contributed by atoms with Crippen LogP contribution in [-0.4, -0.2) is 49.1 Å². The Balaban J connectivity index is 2.16. The van der Waals surface area contributed by atoms with Crippen LogP contribution in [0.5, 0.6) is 0 Å². The molecule has 3 rings (SSSR count). The molecule has 2 fully saturated rings. The average molecular weight is 505 g/mol. The number of carbonyl (C=O) groups is 1. The molecule has 1 heterocycles. The van der Waals surface area contributed by atoms with Crippen molar-refractivity contribution in [2.75, 3.05) is 13.2 Å². The predicted octanol–water partition coefficient (Wildman–Crippen LogP) is 6.10. The van der Waals surface area contributed by atoms with E-state index < -0.39 is 30.2 Å². The van der Waals surface area contributed by atoms with E-state index in [1.54, 1.807) is 0 Å². The molecule has 0 aromatic rings. The molecule has 1 spiro atoms. The second-order valence-electron chi connectivity index (χ2n) is 11.3. The molecule has 1 N–H and O–H groups in total. The van der Waals surface area contributed by atoms with Crippen LogP contribution in [0, 0.1) is 22.7 Å². The van der Waals surface area contributed by atoms with E-state index in [2.05, 4.69) is 47.3 Å². The van der Waals surface area contributed by atoms with Crippen molar-refractivity contribution < 1.29 is 28.8 Å². The summed E-state index contributed by atoms with van der Waals surface area (Å²) in [4.78, 5) is 12.4. The Kier molecular flexibility index (Phi) is 10.0. The molecule has 1 saturated carbocycles. The highest BCUT2D eigenvalue weighted by Gasteiger charge is 2.71. The first-order valence-electron chi connectivity index (χ1n) is 13.9. The molecule has 0 aromatic carbocycles. The van der Waals surface area contributed by atoms with E-state index in [-0.39, 0.29) is 23.2 Å². The zero-order chi connectivity index (χ0) is 26.5. The molecule has 0 unspecified atom stereocenters. The topological polar surface area (TPSA) is 74.2 Å². The van der Waals surface area contributed by atoms with Crippen LogP contribution in [0.25, 0.3) is 0 Å². The van der Waals surface area contributed by atoms with E-state index in [0.717, 1.165) is 43.3 Å². The number of aliphatic hydroxyl groups excluding tert-OH is 1. The van der Waals surface area contributed by atoms with E-state index in [4.69, 9.17) is 18.9 Å². The molecule has 3 aliphatic rings. The van der Waals surface area contributed by atoms with Crippen molar-refractivity contribution in [3.8, 4) is 0 Å². The van der Waals surface area contributed by atoms with Gasteiger partial charge in [-0.05, 0) is 61.9 Å². The van der Waals surface area contributed by atoms with Crippen LogP contribution in [0.3, 0.4) is 0 Å². The van der Waals surface area contributed by atoms with E-state index >= 15 is 0 Å². The summed E-state index contributed by atoms with van der Waals surface area (Å²) in [5, 5.41) is 11.1. The van der Waals surface area contributed by atoms with Gasteiger partial charge < -0.3 is 24.1 Å². The van der Waals surface area contributed by atoms with E-state index in [1.165, 1.54) is 6.92 Å². The Bertz CT molecular complexity index is 833. The molecule has 8 atom stereocenters. The first-order chi connectivity index (χ1) is 17.1. The Morgan fingerprint density at radius 3 is 2.47 bits per heavy atom. The number of hydrogen-bond acceptors (Lipinski definition) is 6. The van der Waals surface area contributed by atoms with Gasteiger partial charge in [0.2, 0.25) is 0 Å². The third-order valence-corrected chi connectivity index (χ3v) is 8.87. The van der Waals surface area contributed by atoms with Gasteiger partial charge in [0.25, 0.3) is 0 Å². The van der Waals surface area contributed by atoms with Crippen molar-refractivity contribution in [1.82, 2.24) is 0 Å². The van der Waals surface area contributed by atoms with Crippen LogP contribution < -0.4 is 0 Å². The van der Waals surface area contributed by atoms with Crippen molar-refractivity contribution in [2.45, 2.75) is 111 Å². The third-order valence-electron chi connectivity index (χ3n) is 8.87. The van der Waals surface area contributed by atoms with Crippen molar-refractivity contribution >= 4 is 5.97 Å². The standard InChI is InChI=1S/C30H48O6/c1-8-11-15-33-27-24-18-23(32)19-25-29(7,14-13-20(4)10-3)21(5)17-26(35-22(6)31)30(24,25)28(36-27)34-16-12-9-2/h10,13,18,21,23,25-28,32H,3,8-9,11-12,14-17,19H2,1-2,4-7H3/b20-13+/t21-,23+,25+,26+,27-,28+,29-,30-/m1/s1. The van der Waals surface area contributed by atoms with Crippen molar-refractivity contribution in [2.24, 2.45) is 22.7 Å². The summed E-state index contributed by atoms with van der Waals surface area (Å²) >= 11 is 0. The predicted molar refractivity (Wildman–Crippen MR) is 141 cm³/mol. The molecule has 0 bridgehead atoms. The van der Waals surface area contributed by atoms with Gasteiger partial charge in [-0.15, -0.1) is 0 Å². The number of allylic oxidation sites excluding steroid dienone is 3. The van der Waals surface area contributed by atoms with E-state index in [9.17, 15) is 9.90 Å². The number of rotatable bonds is 12. The zero-order valence-corrected chi connectivity index (χ0v) is 23.3. The lowest BCUT2D eigenvalue weighted by atomic mass is 9.45. The van der Waals surface area contributed by atoms with Gasteiger partial charge in [-0.3, -0.25) is 4.79 Å². The molecular weight excluding hydrogens is 456 g/mol. The van der Waals surface area contributed by atoms with Crippen molar-refractivity contribution in [3.05, 3.63) is 36.0 Å². The summed E-state index contributed by atoms with van der Waals surface area (Å²) in [6.45, 7) is 17.4. The van der Waals surface area contributed by atoms with Gasteiger partial charge in [0, 0.05) is 13.5 Å². The second-order valence-corrected chi connectivity index (χ2v) is 11.3. The summed E-state index contributed by atoms with van der Waals surface area (Å²) in [7, 11) is 0. The maximum absolute atomic E-state index is 12.4. The fourth-order valence-electron chi connectivity index (χ4n) is 6.57. The second kappa shape index (κ2) is 12.4. The van der Waals surface area contributed by atoms with Crippen LogP contribution in [0.15, 0.2) is 36.0 Å². The molecular formula is C30H48O6. The molecule has 36 heavy (non-hydrogen) atoms. The number of esters is 1. The average Bonchev–Trinajstić information content (AvgIpc) is 3.14. The zero-order valence-electron chi connectivity index (χ0n) is 23.3. The SMILES string of the molecule is C=C/C(C)=C/C[C@]1(C)[C@H](C)C[C@H](OC(C)=O)[C@@]23C(=C[C@H](O)C[C@@H]12)[C@H](OCCCC)O[C@@H]3OCCCC. The maximum atomic E-state index is 12.4.